The third kappa shape index (κ3) is 3.35. The second-order valence-corrected chi connectivity index (χ2v) is 9.21. The minimum Gasteiger partial charge on any atom is -0.358 e. The van der Waals surface area contributed by atoms with E-state index in [9.17, 15) is 4.79 Å². The maximum absolute atomic E-state index is 13.0. The fourth-order valence-electron chi connectivity index (χ4n) is 3.43. The molecule has 1 saturated carbocycles. The van der Waals surface area contributed by atoms with Crippen LogP contribution >= 0.6 is 23.2 Å². The van der Waals surface area contributed by atoms with Crippen LogP contribution in [-0.4, -0.2) is 10.9 Å². The SMILES string of the molecule is CC(C)(C)c1cc2cc(NC(=O)C3(c4ccc(Cl)c(Cl)c4)CC3)ccc2[nH]1.[HH]. The van der Waals surface area contributed by atoms with Gasteiger partial charge in [-0.3, -0.25) is 4.79 Å². The molecule has 1 fully saturated rings. The van der Waals surface area contributed by atoms with Gasteiger partial charge < -0.3 is 10.3 Å². The summed E-state index contributed by atoms with van der Waals surface area (Å²) in [6.45, 7) is 6.53. The summed E-state index contributed by atoms with van der Waals surface area (Å²) in [7, 11) is 0. The number of benzene rings is 2. The van der Waals surface area contributed by atoms with E-state index in [4.69, 9.17) is 23.2 Å². The monoisotopic (exact) mass is 402 g/mol. The molecule has 1 aromatic heterocycles. The zero-order valence-corrected chi connectivity index (χ0v) is 17.1. The number of amides is 1. The van der Waals surface area contributed by atoms with Crippen LogP contribution in [0.2, 0.25) is 10.0 Å². The Balaban J connectivity index is 0.00000225. The third-order valence-electron chi connectivity index (χ3n) is 5.34. The Bertz CT molecular complexity index is 1050. The summed E-state index contributed by atoms with van der Waals surface area (Å²) in [5, 5.41) is 5.17. The lowest BCUT2D eigenvalue weighted by molar-refractivity contribution is -0.118. The van der Waals surface area contributed by atoms with Crippen molar-refractivity contribution in [3.63, 3.8) is 0 Å². The highest BCUT2D eigenvalue weighted by atomic mass is 35.5. The van der Waals surface area contributed by atoms with Crippen molar-refractivity contribution in [2.75, 3.05) is 5.32 Å². The van der Waals surface area contributed by atoms with Crippen molar-refractivity contribution in [3.05, 3.63) is 63.8 Å². The van der Waals surface area contributed by atoms with Crippen LogP contribution < -0.4 is 5.32 Å². The minimum atomic E-state index is -0.502. The molecule has 0 spiro atoms. The second-order valence-electron chi connectivity index (χ2n) is 8.40. The number of hydrogen-bond donors (Lipinski definition) is 2. The molecule has 1 aliphatic rings. The van der Waals surface area contributed by atoms with Gasteiger partial charge in [-0.25, -0.2) is 0 Å². The van der Waals surface area contributed by atoms with Crippen molar-refractivity contribution in [1.82, 2.24) is 4.98 Å². The minimum absolute atomic E-state index is 0. The van der Waals surface area contributed by atoms with Crippen LogP contribution in [0.3, 0.4) is 0 Å². The number of nitrogens with one attached hydrogen (secondary N) is 2. The Labute approximate surface area is 170 Å². The molecule has 2 N–H and O–H groups in total. The molecule has 0 saturated heterocycles. The van der Waals surface area contributed by atoms with E-state index in [0.29, 0.717) is 10.0 Å². The van der Waals surface area contributed by atoms with Gasteiger partial charge >= 0.3 is 0 Å². The fourth-order valence-corrected chi connectivity index (χ4v) is 3.73. The van der Waals surface area contributed by atoms with Gasteiger partial charge in [-0.1, -0.05) is 50.0 Å². The van der Waals surface area contributed by atoms with Crippen LogP contribution in [-0.2, 0) is 15.6 Å². The van der Waals surface area contributed by atoms with E-state index in [-0.39, 0.29) is 12.7 Å². The quantitative estimate of drug-likeness (QED) is 0.503. The second kappa shape index (κ2) is 6.29. The van der Waals surface area contributed by atoms with Crippen LogP contribution in [0.1, 0.15) is 46.3 Å². The van der Waals surface area contributed by atoms with E-state index in [1.54, 1.807) is 12.1 Å². The molecule has 0 radical (unpaired) electrons. The molecule has 3 aromatic rings. The molecule has 0 unspecified atom stereocenters. The number of aromatic amines is 1. The van der Waals surface area contributed by atoms with E-state index in [1.165, 1.54) is 5.69 Å². The maximum atomic E-state index is 13.0. The molecule has 1 heterocycles. The number of halogens is 2. The van der Waals surface area contributed by atoms with Crippen molar-refractivity contribution in [1.29, 1.82) is 0 Å². The van der Waals surface area contributed by atoms with E-state index >= 15 is 0 Å². The molecule has 27 heavy (non-hydrogen) atoms. The number of carbonyl (C=O) groups is 1. The molecule has 0 aliphatic heterocycles. The van der Waals surface area contributed by atoms with Gasteiger partial charge in [0.1, 0.15) is 0 Å². The summed E-state index contributed by atoms with van der Waals surface area (Å²) >= 11 is 12.2. The molecule has 0 atom stereocenters. The third-order valence-corrected chi connectivity index (χ3v) is 6.08. The largest absolute Gasteiger partial charge is 0.358 e. The van der Waals surface area contributed by atoms with Gasteiger partial charge in [0.05, 0.1) is 15.5 Å². The Morgan fingerprint density at radius 1 is 1.07 bits per heavy atom. The topological polar surface area (TPSA) is 44.9 Å². The highest BCUT2D eigenvalue weighted by molar-refractivity contribution is 6.42. The first-order valence-electron chi connectivity index (χ1n) is 9.09. The van der Waals surface area contributed by atoms with Gasteiger partial charge in [0.2, 0.25) is 5.91 Å². The Morgan fingerprint density at radius 2 is 1.81 bits per heavy atom. The maximum Gasteiger partial charge on any atom is 0.235 e. The van der Waals surface area contributed by atoms with Crippen molar-refractivity contribution in [2.45, 2.75) is 44.4 Å². The Kier molecular flexibility index (Phi) is 4.28. The number of hydrogen-bond acceptors (Lipinski definition) is 1. The number of anilines is 1. The van der Waals surface area contributed by atoms with Crippen LogP contribution in [0, 0.1) is 0 Å². The van der Waals surface area contributed by atoms with Gasteiger partial charge in [0.15, 0.2) is 0 Å². The lowest BCUT2D eigenvalue weighted by Gasteiger charge is -2.16. The van der Waals surface area contributed by atoms with Gasteiger partial charge in [-0.2, -0.15) is 0 Å². The Morgan fingerprint density at radius 3 is 2.44 bits per heavy atom. The van der Waals surface area contributed by atoms with Gasteiger partial charge in [-0.15, -0.1) is 0 Å². The number of carbonyl (C=O) groups excluding carboxylic acids is 1. The molecule has 1 amide bonds. The molecule has 1 aliphatic carbocycles. The molecule has 4 rings (SSSR count). The molecule has 142 valence electrons. The lowest BCUT2D eigenvalue weighted by Crippen LogP contribution is -2.27. The molecular formula is C22H24Cl2N2O. The van der Waals surface area contributed by atoms with Crippen LogP contribution in [0.5, 0.6) is 0 Å². The lowest BCUT2D eigenvalue weighted by atomic mass is 9.92. The summed E-state index contributed by atoms with van der Waals surface area (Å²) in [6, 6.07) is 13.6. The van der Waals surface area contributed by atoms with Crippen LogP contribution in [0.15, 0.2) is 42.5 Å². The first kappa shape index (κ1) is 18.4. The smallest absolute Gasteiger partial charge is 0.235 e. The standard InChI is InChI=1S/C22H22Cl2N2O.H2/c1-21(2,3)19-11-13-10-15(5-7-18(13)26-19)25-20(27)22(8-9-22)14-4-6-16(23)17(24)12-14;/h4-7,10-12,26H,8-9H2,1-3H3,(H,25,27);1H. The van der Waals surface area contributed by atoms with Crippen molar-refractivity contribution in [3.8, 4) is 0 Å². The predicted molar refractivity (Wildman–Crippen MR) is 115 cm³/mol. The van der Waals surface area contributed by atoms with E-state index in [2.05, 4.69) is 37.1 Å². The predicted octanol–water partition coefficient (Wildman–Crippen LogP) is 6.69. The van der Waals surface area contributed by atoms with Crippen molar-refractivity contribution < 1.29 is 6.22 Å². The summed E-state index contributed by atoms with van der Waals surface area (Å²) < 4.78 is 0. The van der Waals surface area contributed by atoms with E-state index in [0.717, 1.165) is 35.0 Å². The Hall–Kier alpha value is -1.97. The number of H-pyrrole nitrogens is 1. The van der Waals surface area contributed by atoms with E-state index in [1.807, 2.05) is 24.3 Å². The molecule has 0 bridgehead atoms. The highest BCUT2D eigenvalue weighted by Crippen LogP contribution is 2.50. The van der Waals surface area contributed by atoms with Gasteiger partial charge in [0.25, 0.3) is 0 Å². The van der Waals surface area contributed by atoms with Gasteiger partial charge in [-0.05, 0) is 54.8 Å². The molecular weight excluding hydrogens is 379 g/mol. The average molecular weight is 403 g/mol. The van der Waals surface area contributed by atoms with Gasteiger partial charge in [0, 0.05) is 29.1 Å². The van der Waals surface area contributed by atoms with E-state index < -0.39 is 5.41 Å². The first-order valence-corrected chi connectivity index (χ1v) is 9.85. The number of rotatable bonds is 3. The zero-order chi connectivity index (χ0) is 19.4. The summed E-state index contributed by atoms with van der Waals surface area (Å²) in [5.74, 6) is 0.00631. The normalized spacial score (nSPS) is 15.7. The number of fused-ring (bicyclic) bond motifs is 1. The molecule has 5 heteroatoms. The van der Waals surface area contributed by atoms with Crippen molar-refractivity contribution >= 4 is 45.7 Å². The molecule has 2 aromatic carbocycles. The van der Waals surface area contributed by atoms with Crippen molar-refractivity contribution in [2.24, 2.45) is 0 Å². The number of aromatic nitrogens is 1. The highest BCUT2D eigenvalue weighted by Gasteiger charge is 2.51. The van der Waals surface area contributed by atoms with Crippen LogP contribution in [0.25, 0.3) is 10.9 Å². The first-order chi connectivity index (χ1) is 12.7. The van der Waals surface area contributed by atoms with Crippen LogP contribution in [0.4, 0.5) is 5.69 Å². The summed E-state index contributed by atoms with van der Waals surface area (Å²) in [6.07, 6.45) is 1.63. The fraction of sp³-hybridized carbons (Fsp3) is 0.318. The average Bonchev–Trinajstić information content (AvgIpc) is 3.29. The zero-order valence-electron chi connectivity index (χ0n) is 15.6. The molecule has 3 nitrogen and oxygen atoms in total. The summed E-state index contributed by atoms with van der Waals surface area (Å²) in [4.78, 5) is 16.5. The summed E-state index contributed by atoms with van der Waals surface area (Å²) in [5.41, 5.74) is 3.52.